The van der Waals surface area contributed by atoms with Crippen molar-refractivity contribution < 1.29 is 9.84 Å². The van der Waals surface area contributed by atoms with E-state index in [0.29, 0.717) is 18.6 Å². The van der Waals surface area contributed by atoms with E-state index in [0.717, 1.165) is 12.8 Å². The number of aliphatic hydroxyl groups excluding tert-OH is 1. The summed E-state index contributed by atoms with van der Waals surface area (Å²) >= 11 is 0. The number of aliphatic hydroxyl groups is 1. The third-order valence-corrected chi connectivity index (χ3v) is 3.39. The number of hydrogen-bond acceptors (Lipinski definition) is 2. The van der Waals surface area contributed by atoms with Gasteiger partial charge >= 0.3 is 0 Å². The standard InChI is InChI=1S/C14H20O2/c15-10-11-16-14-8-6-13(7-9-14)12-4-2-1-3-5-12/h1-5,13-15H,6-11H2. The van der Waals surface area contributed by atoms with E-state index in [-0.39, 0.29) is 6.61 Å². The fourth-order valence-corrected chi connectivity index (χ4v) is 2.51. The quantitative estimate of drug-likeness (QED) is 0.845. The highest BCUT2D eigenvalue weighted by Crippen LogP contribution is 2.33. The summed E-state index contributed by atoms with van der Waals surface area (Å²) in [5.41, 5.74) is 1.46. The van der Waals surface area contributed by atoms with Gasteiger partial charge in [0.25, 0.3) is 0 Å². The van der Waals surface area contributed by atoms with E-state index in [1.807, 2.05) is 0 Å². The maximum atomic E-state index is 8.70. The van der Waals surface area contributed by atoms with Crippen LogP contribution in [-0.4, -0.2) is 24.4 Å². The molecule has 0 spiro atoms. The minimum atomic E-state index is 0.138. The van der Waals surface area contributed by atoms with Gasteiger partial charge in [-0.2, -0.15) is 0 Å². The van der Waals surface area contributed by atoms with E-state index in [1.165, 1.54) is 18.4 Å². The van der Waals surface area contributed by atoms with Crippen molar-refractivity contribution in [3.8, 4) is 0 Å². The van der Waals surface area contributed by atoms with Crippen LogP contribution in [0.3, 0.4) is 0 Å². The van der Waals surface area contributed by atoms with Crippen molar-refractivity contribution in [3.63, 3.8) is 0 Å². The monoisotopic (exact) mass is 220 g/mol. The second-order valence-electron chi connectivity index (χ2n) is 4.48. The largest absolute Gasteiger partial charge is 0.394 e. The predicted molar refractivity (Wildman–Crippen MR) is 64.5 cm³/mol. The molecule has 1 N–H and O–H groups in total. The van der Waals surface area contributed by atoms with Crippen LogP contribution in [0.5, 0.6) is 0 Å². The molecule has 1 aromatic carbocycles. The van der Waals surface area contributed by atoms with Crippen molar-refractivity contribution in [1.82, 2.24) is 0 Å². The van der Waals surface area contributed by atoms with Crippen LogP contribution in [0.1, 0.15) is 37.2 Å². The number of rotatable bonds is 4. The second-order valence-corrected chi connectivity index (χ2v) is 4.48. The Morgan fingerprint density at radius 2 is 1.75 bits per heavy atom. The molecule has 0 amide bonds. The molecule has 2 rings (SSSR count). The first kappa shape index (κ1) is 11.6. The zero-order valence-corrected chi connectivity index (χ0v) is 9.64. The molecular formula is C14H20O2. The SMILES string of the molecule is OCCOC1CCC(c2ccccc2)CC1. The lowest BCUT2D eigenvalue weighted by Crippen LogP contribution is -2.22. The third-order valence-electron chi connectivity index (χ3n) is 3.39. The molecule has 0 aliphatic heterocycles. The first-order chi connectivity index (χ1) is 7.90. The Labute approximate surface area is 97.3 Å². The van der Waals surface area contributed by atoms with Crippen LogP contribution in [-0.2, 0) is 4.74 Å². The van der Waals surface area contributed by atoms with Crippen molar-refractivity contribution >= 4 is 0 Å². The van der Waals surface area contributed by atoms with Gasteiger partial charge in [0.15, 0.2) is 0 Å². The van der Waals surface area contributed by atoms with Gasteiger partial charge in [0.1, 0.15) is 0 Å². The van der Waals surface area contributed by atoms with Gasteiger partial charge in [-0.05, 0) is 37.2 Å². The number of hydrogen-bond donors (Lipinski definition) is 1. The molecule has 0 heterocycles. The number of benzene rings is 1. The van der Waals surface area contributed by atoms with Crippen LogP contribution in [0, 0.1) is 0 Å². The average Bonchev–Trinajstić information content (AvgIpc) is 2.38. The molecule has 1 aliphatic carbocycles. The predicted octanol–water partition coefficient (Wildman–Crippen LogP) is 2.72. The van der Waals surface area contributed by atoms with Gasteiger partial charge in [-0.1, -0.05) is 30.3 Å². The van der Waals surface area contributed by atoms with Gasteiger partial charge in [0, 0.05) is 0 Å². The highest BCUT2D eigenvalue weighted by Gasteiger charge is 2.22. The maximum Gasteiger partial charge on any atom is 0.0701 e. The van der Waals surface area contributed by atoms with Crippen LogP contribution < -0.4 is 0 Å². The smallest absolute Gasteiger partial charge is 0.0701 e. The van der Waals surface area contributed by atoms with E-state index in [1.54, 1.807) is 0 Å². The molecule has 0 unspecified atom stereocenters. The Morgan fingerprint density at radius 3 is 2.38 bits per heavy atom. The molecule has 2 nitrogen and oxygen atoms in total. The van der Waals surface area contributed by atoms with Crippen LogP contribution in [0.4, 0.5) is 0 Å². The molecule has 1 saturated carbocycles. The molecule has 0 radical (unpaired) electrons. The highest BCUT2D eigenvalue weighted by atomic mass is 16.5. The van der Waals surface area contributed by atoms with E-state index in [9.17, 15) is 0 Å². The van der Waals surface area contributed by atoms with Crippen molar-refractivity contribution in [2.45, 2.75) is 37.7 Å². The van der Waals surface area contributed by atoms with Gasteiger partial charge in [-0.25, -0.2) is 0 Å². The summed E-state index contributed by atoms with van der Waals surface area (Å²) in [6, 6.07) is 10.7. The summed E-state index contributed by atoms with van der Waals surface area (Å²) in [5.74, 6) is 0.704. The van der Waals surface area contributed by atoms with Gasteiger partial charge in [0.2, 0.25) is 0 Å². The summed E-state index contributed by atoms with van der Waals surface area (Å²) in [6.45, 7) is 0.624. The zero-order chi connectivity index (χ0) is 11.2. The molecule has 1 aromatic rings. The first-order valence-electron chi connectivity index (χ1n) is 6.17. The average molecular weight is 220 g/mol. The minimum Gasteiger partial charge on any atom is -0.394 e. The Bertz CT molecular complexity index is 289. The third kappa shape index (κ3) is 3.06. The maximum absolute atomic E-state index is 8.70. The molecule has 2 heteroatoms. The van der Waals surface area contributed by atoms with Crippen LogP contribution in [0.15, 0.2) is 30.3 Å². The van der Waals surface area contributed by atoms with Gasteiger partial charge < -0.3 is 9.84 Å². The van der Waals surface area contributed by atoms with Crippen LogP contribution in [0.25, 0.3) is 0 Å². The molecular weight excluding hydrogens is 200 g/mol. The zero-order valence-electron chi connectivity index (χ0n) is 9.64. The molecule has 0 aromatic heterocycles. The summed E-state index contributed by atoms with van der Waals surface area (Å²) in [5, 5.41) is 8.70. The Hall–Kier alpha value is -0.860. The Kier molecular flexibility index (Phi) is 4.37. The molecule has 0 atom stereocenters. The summed E-state index contributed by atoms with van der Waals surface area (Å²) in [6.07, 6.45) is 5.03. The van der Waals surface area contributed by atoms with Crippen LogP contribution >= 0.6 is 0 Å². The molecule has 0 bridgehead atoms. The lowest BCUT2D eigenvalue weighted by Gasteiger charge is -2.28. The van der Waals surface area contributed by atoms with Gasteiger partial charge in [-0.3, -0.25) is 0 Å². The van der Waals surface area contributed by atoms with E-state index < -0.39 is 0 Å². The molecule has 16 heavy (non-hydrogen) atoms. The number of ether oxygens (including phenoxy) is 1. The Balaban J connectivity index is 1.81. The molecule has 0 saturated heterocycles. The van der Waals surface area contributed by atoms with E-state index >= 15 is 0 Å². The van der Waals surface area contributed by atoms with E-state index in [2.05, 4.69) is 30.3 Å². The topological polar surface area (TPSA) is 29.5 Å². The lowest BCUT2D eigenvalue weighted by molar-refractivity contribution is 0.00580. The fourth-order valence-electron chi connectivity index (χ4n) is 2.51. The molecule has 1 aliphatic rings. The normalized spacial score (nSPS) is 25.6. The van der Waals surface area contributed by atoms with Crippen LogP contribution in [0.2, 0.25) is 0 Å². The van der Waals surface area contributed by atoms with Crippen molar-refractivity contribution in [2.24, 2.45) is 0 Å². The van der Waals surface area contributed by atoms with Crippen molar-refractivity contribution in [2.75, 3.05) is 13.2 Å². The molecule has 1 fully saturated rings. The van der Waals surface area contributed by atoms with Gasteiger partial charge in [-0.15, -0.1) is 0 Å². The van der Waals surface area contributed by atoms with Crippen molar-refractivity contribution in [1.29, 1.82) is 0 Å². The fraction of sp³-hybridized carbons (Fsp3) is 0.571. The van der Waals surface area contributed by atoms with Crippen molar-refractivity contribution in [3.05, 3.63) is 35.9 Å². The summed E-state index contributed by atoms with van der Waals surface area (Å²) in [7, 11) is 0. The molecule has 88 valence electrons. The summed E-state index contributed by atoms with van der Waals surface area (Å²) in [4.78, 5) is 0. The first-order valence-corrected chi connectivity index (χ1v) is 6.17. The second kappa shape index (κ2) is 6.02. The van der Waals surface area contributed by atoms with E-state index in [4.69, 9.17) is 9.84 Å². The Morgan fingerprint density at radius 1 is 1.06 bits per heavy atom. The minimum absolute atomic E-state index is 0.138. The van der Waals surface area contributed by atoms with Gasteiger partial charge in [0.05, 0.1) is 19.3 Å². The lowest BCUT2D eigenvalue weighted by atomic mass is 9.83. The highest BCUT2D eigenvalue weighted by molar-refractivity contribution is 5.19. The summed E-state index contributed by atoms with van der Waals surface area (Å²) < 4.78 is 5.57.